The average Bonchev–Trinajstić information content (AvgIpc) is 2.78. The highest BCUT2D eigenvalue weighted by atomic mass is 19.4. The van der Waals surface area contributed by atoms with Crippen LogP contribution in [0, 0.1) is 6.92 Å². The molecule has 0 saturated carbocycles. The molecule has 0 saturated heterocycles. The van der Waals surface area contributed by atoms with Crippen LogP contribution in [-0.2, 0) is 23.8 Å². The summed E-state index contributed by atoms with van der Waals surface area (Å²) in [7, 11) is 0. The lowest BCUT2D eigenvalue weighted by atomic mass is 10.1. The van der Waals surface area contributed by atoms with E-state index in [9.17, 15) is 36.2 Å². The van der Waals surface area contributed by atoms with Crippen molar-refractivity contribution in [2.24, 2.45) is 0 Å². The SMILES string of the molecule is Cc1cc(OCc2cnc(-c3ccc(C(F)(F)F)cc3)nc2C(F)(F)F)ccc1OC(C)(C)C(=O)O. The van der Waals surface area contributed by atoms with E-state index in [1.54, 1.807) is 6.92 Å². The molecule has 12 heteroatoms. The van der Waals surface area contributed by atoms with Crippen molar-refractivity contribution in [2.75, 3.05) is 0 Å². The van der Waals surface area contributed by atoms with E-state index in [2.05, 4.69) is 9.97 Å². The highest BCUT2D eigenvalue weighted by Crippen LogP contribution is 2.34. The largest absolute Gasteiger partial charge is 0.489 e. The maximum absolute atomic E-state index is 13.7. The van der Waals surface area contributed by atoms with Crippen LogP contribution >= 0.6 is 0 Å². The number of carboxylic acid groups (broad SMARTS) is 1. The van der Waals surface area contributed by atoms with Crippen LogP contribution in [0.1, 0.15) is 36.2 Å². The van der Waals surface area contributed by atoms with Gasteiger partial charge in [-0.3, -0.25) is 0 Å². The molecule has 36 heavy (non-hydrogen) atoms. The number of aryl methyl sites for hydroxylation is 1. The molecule has 1 heterocycles. The predicted octanol–water partition coefficient (Wildman–Crippen LogP) is 6.31. The van der Waals surface area contributed by atoms with Gasteiger partial charge < -0.3 is 14.6 Å². The Balaban J connectivity index is 1.82. The molecule has 0 aliphatic heterocycles. The van der Waals surface area contributed by atoms with Gasteiger partial charge in [-0.2, -0.15) is 26.3 Å². The molecule has 0 radical (unpaired) electrons. The molecule has 0 aliphatic carbocycles. The van der Waals surface area contributed by atoms with E-state index < -0.39 is 47.6 Å². The Hall–Kier alpha value is -3.83. The fourth-order valence-corrected chi connectivity index (χ4v) is 3.01. The maximum Gasteiger partial charge on any atom is 0.433 e. The number of benzene rings is 2. The third-order valence-electron chi connectivity index (χ3n) is 5.02. The summed E-state index contributed by atoms with van der Waals surface area (Å²) in [5.74, 6) is -1.12. The van der Waals surface area contributed by atoms with Gasteiger partial charge in [-0.25, -0.2) is 14.8 Å². The molecule has 1 N–H and O–H groups in total. The fourth-order valence-electron chi connectivity index (χ4n) is 3.01. The molecule has 6 nitrogen and oxygen atoms in total. The summed E-state index contributed by atoms with van der Waals surface area (Å²) in [5.41, 5.74) is -3.65. The molecule has 0 fully saturated rings. The van der Waals surface area contributed by atoms with Crippen LogP contribution in [-0.4, -0.2) is 26.6 Å². The first kappa shape index (κ1) is 26.8. The summed E-state index contributed by atoms with van der Waals surface area (Å²) in [5, 5.41) is 9.19. The maximum atomic E-state index is 13.7. The molecule has 2 aromatic carbocycles. The minimum absolute atomic E-state index is 0.0172. The van der Waals surface area contributed by atoms with Crippen molar-refractivity contribution in [2.45, 2.75) is 45.3 Å². The van der Waals surface area contributed by atoms with E-state index in [0.717, 1.165) is 30.5 Å². The summed E-state index contributed by atoms with van der Waals surface area (Å²) >= 11 is 0. The summed E-state index contributed by atoms with van der Waals surface area (Å²) in [4.78, 5) is 18.6. The van der Waals surface area contributed by atoms with Crippen molar-refractivity contribution >= 4 is 5.97 Å². The minimum atomic E-state index is -4.88. The minimum Gasteiger partial charge on any atom is -0.489 e. The van der Waals surface area contributed by atoms with Crippen molar-refractivity contribution in [3.05, 3.63) is 71.0 Å². The molecular weight excluding hydrogens is 494 g/mol. The summed E-state index contributed by atoms with van der Waals surface area (Å²) < 4.78 is 90.2. The Morgan fingerprint density at radius 3 is 2.14 bits per heavy atom. The Morgan fingerprint density at radius 1 is 0.972 bits per heavy atom. The van der Waals surface area contributed by atoms with Crippen LogP contribution in [0.5, 0.6) is 11.5 Å². The zero-order chi connectivity index (χ0) is 26.9. The average molecular weight is 514 g/mol. The summed E-state index contributed by atoms with van der Waals surface area (Å²) in [6, 6.07) is 7.76. The molecule has 0 spiro atoms. The number of nitrogens with zero attached hydrogens (tertiary/aromatic N) is 2. The zero-order valence-corrected chi connectivity index (χ0v) is 19.2. The van der Waals surface area contributed by atoms with E-state index in [1.807, 2.05) is 0 Å². The van der Waals surface area contributed by atoms with Crippen LogP contribution in [0.2, 0.25) is 0 Å². The van der Waals surface area contributed by atoms with Crippen LogP contribution in [0.15, 0.2) is 48.7 Å². The van der Waals surface area contributed by atoms with Crippen LogP contribution < -0.4 is 9.47 Å². The number of rotatable bonds is 7. The first-order chi connectivity index (χ1) is 16.6. The van der Waals surface area contributed by atoms with Gasteiger partial charge in [0.25, 0.3) is 0 Å². The molecule has 0 unspecified atom stereocenters. The van der Waals surface area contributed by atoms with E-state index in [4.69, 9.17) is 9.47 Å². The van der Waals surface area contributed by atoms with Crippen molar-refractivity contribution in [1.29, 1.82) is 0 Å². The number of ether oxygens (including phenoxy) is 2. The number of alkyl halides is 6. The predicted molar refractivity (Wildman–Crippen MR) is 115 cm³/mol. The van der Waals surface area contributed by atoms with Crippen molar-refractivity contribution in [1.82, 2.24) is 9.97 Å². The van der Waals surface area contributed by atoms with Gasteiger partial charge in [-0.15, -0.1) is 0 Å². The van der Waals surface area contributed by atoms with Gasteiger partial charge in [0.2, 0.25) is 0 Å². The molecule has 3 rings (SSSR count). The molecule has 0 aliphatic rings. The standard InChI is InChI=1S/C24H20F6N2O4/c1-13-10-17(8-9-18(13)36-22(2,3)21(33)34)35-12-15-11-31-20(32-19(15)24(28,29)30)14-4-6-16(7-5-14)23(25,26)27/h4-11H,12H2,1-3H3,(H,33,34). The topological polar surface area (TPSA) is 81.5 Å². The Labute approximate surface area is 201 Å². The van der Waals surface area contributed by atoms with E-state index in [0.29, 0.717) is 5.56 Å². The second-order valence-electron chi connectivity index (χ2n) is 8.27. The lowest BCUT2D eigenvalue weighted by Gasteiger charge is -2.23. The quantitative estimate of drug-likeness (QED) is 0.372. The number of aliphatic carboxylic acids is 1. The molecular formula is C24H20F6N2O4. The molecule has 192 valence electrons. The monoisotopic (exact) mass is 514 g/mol. The van der Waals surface area contributed by atoms with Crippen LogP contribution in [0.4, 0.5) is 26.3 Å². The third-order valence-corrected chi connectivity index (χ3v) is 5.02. The number of carboxylic acids is 1. The molecule has 0 bridgehead atoms. The highest BCUT2D eigenvalue weighted by molar-refractivity contribution is 5.76. The van der Waals surface area contributed by atoms with Crippen LogP contribution in [0.25, 0.3) is 11.4 Å². The molecule has 1 aromatic heterocycles. The number of hydrogen-bond acceptors (Lipinski definition) is 5. The normalized spacial score (nSPS) is 12.4. The number of halogens is 6. The van der Waals surface area contributed by atoms with E-state index in [1.165, 1.54) is 32.0 Å². The summed E-state index contributed by atoms with van der Waals surface area (Å²) in [6.45, 7) is 3.80. The van der Waals surface area contributed by atoms with Gasteiger partial charge in [0.15, 0.2) is 17.1 Å². The second kappa shape index (κ2) is 9.67. The van der Waals surface area contributed by atoms with Crippen molar-refractivity contribution < 1.29 is 45.7 Å². The Bertz CT molecular complexity index is 1250. The first-order valence-corrected chi connectivity index (χ1v) is 10.3. The number of aromatic nitrogens is 2. The Morgan fingerprint density at radius 2 is 1.61 bits per heavy atom. The lowest BCUT2D eigenvalue weighted by molar-refractivity contribution is -0.152. The smallest absolute Gasteiger partial charge is 0.433 e. The number of carbonyl (C=O) groups is 1. The second-order valence-corrected chi connectivity index (χ2v) is 8.27. The molecule has 0 atom stereocenters. The molecule has 0 amide bonds. The van der Waals surface area contributed by atoms with E-state index >= 15 is 0 Å². The van der Waals surface area contributed by atoms with Gasteiger partial charge in [-0.05, 0) is 56.7 Å². The van der Waals surface area contributed by atoms with Crippen molar-refractivity contribution in [3.8, 4) is 22.9 Å². The number of hydrogen-bond donors (Lipinski definition) is 1. The summed E-state index contributed by atoms with van der Waals surface area (Å²) in [6.07, 6.45) is -8.56. The van der Waals surface area contributed by atoms with Gasteiger partial charge in [0.05, 0.1) is 5.56 Å². The lowest BCUT2D eigenvalue weighted by Crippen LogP contribution is -2.38. The van der Waals surface area contributed by atoms with Gasteiger partial charge in [0.1, 0.15) is 18.1 Å². The van der Waals surface area contributed by atoms with Gasteiger partial charge in [-0.1, -0.05) is 12.1 Å². The van der Waals surface area contributed by atoms with Crippen molar-refractivity contribution in [3.63, 3.8) is 0 Å². The van der Waals surface area contributed by atoms with Gasteiger partial charge in [0, 0.05) is 17.3 Å². The van der Waals surface area contributed by atoms with Gasteiger partial charge >= 0.3 is 18.3 Å². The zero-order valence-electron chi connectivity index (χ0n) is 19.2. The third kappa shape index (κ3) is 6.23. The first-order valence-electron chi connectivity index (χ1n) is 10.3. The Kier molecular flexibility index (Phi) is 7.19. The highest BCUT2D eigenvalue weighted by Gasteiger charge is 2.37. The molecule has 3 aromatic rings. The fraction of sp³-hybridized carbons (Fsp3) is 0.292. The van der Waals surface area contributed by atoms with E-state index in [-0.39, 0.29) is 22.6 Å². The van der Waals surface area contributed by atoms with Crippen LogP contribution in [0.3, 0.4) is 0 Å².